The summed E-state index contributed by atoms with van der Waals surface area (Å²) >= 11 is 0. The minimum Gasteiger partial charge on any atom is -0.466 e. The van der Waals surface area contributed by atoms with E-state index in [9.17, 15) is 9.59 Å². The Bertz CT molecular complexity index is 543. The maximum atomic E-state index is 13.0. The molecule has 0 aromatic carbocycles. The summed E-state index contributed by atoms with van der Waals surface area (Å²) in [5, 5.41) is 0. The van der Waals surface area contributed by atoms with Gasteiger partial charge in [-0.3, -0.25) is 9.59 Å². The van der Waals surface area contributed by atoms with Crippen molar-refractivity contribution in [1.29, 1.82) is 0 Å². The zero-order valence-electron chi connectivity index (χ0n) is 26.5. The standard InChI is InChI=1S/C34H66O4/c1-7-9-11-13-19-23-27-37-32(35)26-22-18-16-15-17-21-25-31(29(3)4)33(30(5)6)34(36)38-28-24-20-14-12-10-8-2/h29-31,33H,7-28H2,1-6H3. The van der Waals surface area contributed by atoms with E-state index in [0.29, 0.717) is 37.4 Å². The van der Waals surface area contributed by atoms with Gasteiger partial charge in [0.2, 0.25) is 0 Å². The molecule has 0 aromatic heterocycles. The van der Waals surface area contributed by atoms with Gasteiger partial charge in [0.25, 0.3) is 0 Å². The molecule has 2 atom stereocenters. The molecule has 0 radical (unpaired) electrons. The van der Waals surface area contributed by atoms with Gasteiger partial charge in [0.05, 0.1) is 19.1 Å². The Labute approximate surface area is 237 Å². The summed E-state index contributed by atoms with van der Waals surface area (Å²) in [5.41, 5.74) is 0. The van der Waals surface area contributed by atoms with E-state index in [0.717, 1.165) is 44.9 Å². The fourth-order valence-electron chi connectivity index (χ4n) is 5.52. The van der Waals surface area contributed by atoms with Crippen LogP contribution < -0.4 is 0 Å². The number of carbonyl (C=O) groups excluding carboxylic acids is 2. The third-order valence-corrected chi connectivity index (χ3v) is 7.98. The Balaban J connectivity index is 4.04. The second kappa shape index (κ2) is 26.2. The molecule has 226 valence electrons. The van der Waals surface area contributed by atoms with E-state index in [1.54, 1.807) is 0 Å². The SMILES string of the molecule is CCCCCCCCOC(=O)CCCCCCCCC(C(C)C)C(C(=O)OCCCCCCCC)C(C)C. The molecule has 4 nitrogen and oxygen atoms in total. The maximum absolute atomic E-state index is 13.0. The molecule has 0 aliphatic rings. The maximum Gasteiger partial charge on any atom is 0.309 e. The van der Waals surface area contributed by atoms with E-state index >= 15 is 0 Å². The van der Waals surface area contributed by atoms with Crippen LogP contribution in [-0.4, -0.2) is 25.2 Å². The second-order valence-corrected chi connectivity index (χ2v) is 12.3. The molecule has 0 bridgehead atoms. The Morgan fingerprint density at radius 2 is 0.974 bits per heavy atom. The van der Waals surface area contributed by atoms with Crippen molar-refractivity contribution in [2.24, 2.45) is 23.7 Å². The zero-order chi connectivity index (χ0) is 28.4. The third-order valence-electron chi connectivity index (χ3n) is 7.98. The number of esters is 2. The fraction of sp³-hybridized carbons (Fsp3) is 0.941. The van der Waals surface area contributed by atoms with Crippen molar-refractivity contribution >= 4 is 11.9 Å². The van der Waals surface area contributed by atoms with Crippen LogP contribution in [0.3, 0.4) is 0 Å². The number of carbonyl (C=O) groups is 2. The first-order chi connectivity index (χ1) is 18.3. The first-order valence-corrected chi connectivity index (χ1v) is 16.7. The zero-order valence-corrected chi connectivity index (χ0v) is 26.5. The summed E-state index contributed by atoms with van der Waals surface area (Å²) < 4.78 is 11.1. The van der Waals surface area contributed by atoms with Crippen LogP contribution in [0, 0.1) is 23.7 Å². The first-order valence-electron chi connectivity index (χ1n) is 16.7. The van der Waals surface area contributed by atoms with Crippen molar-refractivity contribution in [3.8, 4) is 0 Å². The van der Waals surface area contributed by atoms with Gasteiger partial charge in [0.15, 0.2) is 0 Å². The Morgan fingerprint density at radius 3 is 1.47 bits per heavy atom. The average Bonchev–Trinajstić information content (AvgIpc) is 2.87. The molecule has 0 aliphatic carbocycles. The largest absolute Gasteiger partial charge is 0.466 e. The van der Waals surface area contributed by atoms with Crippen molar-refractivity contribution in [2.45, 2.75) is 170 Å². The van der Waals surface area contributed by atoms with Crippen LogP contribution in [0.4, 0.5) is 0 Å². The predicted molar refractivity (Wildman–Crippen MR) is 162 cm³/mol. The molecule has 0 aliphatic heterocycles. The number of hydrogen-bond acceptors (Lipinski definition) is 4. The van der Waals surface area contributed by atoms with Gasteiger partial charge < -0.3 is 9.47 Å². The topological polar surface area (TPSA) is 52.6 Å². The van der Waals surface area contributed by atoms with Crippen LogP contribution >= 0.6 is 0 Å². The van der Waals surface area contributed by atoms with E-state index < -0.39 is 0 Å². The number of ether oxygens (including phenoxy) is 2. The Kier molecular flexibility index (Phi) is 25.4. The summed E-state index contributed by atoms with van der Waals surface area (Å²) in [7, 11) is 0. The van der Waals surface area contributed by atoms with Gasteiger partial charge in [-0.05, 0) is 43.4 Å². The molecule has 38 heavy (non-hydrogen) atoms. The lowest BCUT2D eigenvalue weighted by Gasteiger charge is -2.31. The van der Waals surface area contributed by atoms with Crippen LogP contribution in [0.5, 0.6) is 0 Å². The molecule has 0 rings (SSSR count). The van der Waals surface area contributed by atoms with Crippen LogP contribution in [-0.2, 0) is 19.1 Å². The molecule has 0 fully saturated rings. The van der Waals surface area contributed by atoms with Gasteiger partial charge >= 0.3 is 11.9 Å². The fourth-order valence-corrected chi connectivity index (χ4v) is 5.52. The highest BCUT2D eigenvalue weighted by Crippen LogP contribution is 2.33. The summed E-state index contributed by atoms with van der Waals surface area (Å²) in [5.74, 6) is 1.16. The molecule has 0 heterocycles. The van der Waals surface area contributed by atoms with Gasteiger partial charge in [-0.25, -0.2) is 0 Å². The summed E-state index contributed by atoms with van der Waals surface area (Å²) in [6.07, 6.45) is 23.0. The first kappa shape index (κ1) is 36.9. The molecule has 0 aromatic rings. The lowest BCUT2D eigenvalue weighted by Crippen LogP contribution is -2.33. The minimum atomic E-state index is -0.0264. The van der Waals surface area contributed by atoms with Crippen molar-refractivity contribution in [3.63, 3.8) is 0 Å². The van der Waals surface area contributed by atoms with Crippen molar-refractivity contribution in [3.05, 3.63) is 0 Å². The normalized spacial score (nSPS) is 13.2. The number of rotatable bonds is 27. The molecular formula is C34H66O4. The van der Waals surface area contributed by atoms with Gasteiger partial charge in [0, 0.05) is 6.42 Å². The van der Waals surface area contributed by atoms with E-state index in [4.69, 9.17) is 9.47 Å². The summed E-state index contributed by atoms with van der Waals surface area (Å²) in [6.45, 7) is 14.5. The molecule has 4 heteroatoms. The highest BCUT2D eigenvalue weighted by atomic mass is 16.5. The lowest BCUT2D eigenvalue weighted by atomic mass is 9.74. The quantitative estimate of drug-likeness (QED) is 0.0771. The van der Waals surface area contributed by atoms with Crippen LogP contribution in [0.2, 0.25) is 0 Å². The molecule has 0 saturated carbocycles. The van der Waals surface area contributed by atoms with Gasteiger partial charge in [-0.2, -0.15) is 0 Å². The summed E-state index contributed by atoms with van der Waals surface area (Å²) in [4.78, 5) is 24.9. The highest BCUT2D eigenvalue weighted by Gasteiger charge is 2.33. The summed E-state index contributed by atoms with van der Waals surface area (Å²) in [6, 6.07) is 0. The molecule has 0 saturated heterocycles. The molecule has 0 N–H and O–H groups in total. The van der Waals surface area contributed by atoms with Crippen LogP contribution in [0.15, 0.2) is 0 Å². The lowest BCUT2D eigenvalue weighted by molar-refractivity contribution is -0.153. The number of unbranched alkanes of at least 4 members (excludes halogenated alkanes) is 15. The smallest absolute Gasteiger partial charge is 0.309 e. The Morgan fingerprint density at radius 1 is 0.526 bits per heavy atom. The van der Waals surface area contributed by atoms with Crippen LogP contribution in [0.25, 0.3) is 0 Å². The van der Waals surface area contributed by atoms with Crippen molar-refractivity contribution in [1.82, 2.24) is 0 Å². The molecule has 2 unspecified atom stereocenters. The third kappa shape index (κ3) is 20.8. The predicted octanol–water partition coefficient (Wildman–Crippen LogP) is 10.5. The number of hydrogen-bond donors (Lipinski definition) is 0. The molecule has 0 spiro atoms. The Hall–Kier alpha value is -1.06. The minimum absolute atomic E-state index is 0.00237. The molecule has 0 amide bonds. The van der Waals surface area contributed by atoms with Crippen molar-refractivity contribution < 1.29 is 19.1 Å². The van der Waals surface area contributed by atoms with E-state index in [2.05, 4.69) is 41.5 Å². The molecular weight excluding hydrogens is 472 g/mol. The van der Waals surface area contributed by atoms with E-state index in [1.807, 2.05) is 0 Å². The average molecular weight is 539 g/mol. The van der Waals surface area contributed by atoms with Gasteiger partial charge in [0.1, 0.15) is 0 Å². The van der Waals surface area contributed by atoms with Crippen LogP contribution in [0.1, 0.15) is 170 Å². The van der Waals surface area contributed by atoms with Crippen molar-refractivity contribution in [2.75, 3.05) is 13.2 Å². The monoisotopic (exact) mass is 538 g/mol. The van der Waals surface area contributed by atoms with E-state index in [-0.39, 0.29) is 17.9 Å². The van der Waals surface area contributed by atoms with E-state index in [1.165, 1.54) is 77.0 Å². The second-order valence-electron chi connectivity index (χ2n) is 12.3. The van der Waals surface area contributed by atoms with Gasteiger partial charge in [-0.15, -0.1) is 0 Å². The highest BCUT2D eigenvalue weighted by molar-refractivity contribution is 5.73. The van der Waals surface area contributed by atoms with Gasteiger partial charge in [-0.1, -0.05) is 138 Å².